The predicted molar refractivity (Wildman–Crippen MR) is 75.8 cm³/mol. The monoisotopic (exact) mass is 275 g/mol. The van der Waals surface area contributed by atoms with E-state index in [9.17, 15) is 5.11 Å². The van der Waals surface area contributed by atoms with Crippen LogP contribution in [-0.4, -0.2) is 17.2 Å². The van der Waals surface area contributed by atoms with Crippen LogP contribution in [0.15, 0.2) is 24.3 Å². The molecule has 0 amide bonds. The molecule has 19 heavy (non-hydrogen) atoms. The molecule has 2 aromatic rings. The predicted octanol–water partition coefficient (Wildman–Crippen LogP) is 3.11. The van der Waals surface area contributed by atoms with Gasteiger partial charge in [0, 0.05) is 12.3 Å². The SMILES string of the molecule is COc1ccc(Cc2nc(C3CC3)c(CO)s2)cc1. The molecule has 1 saturated carbocycles. The Morgan fingerprint density at radius 2 is 2.05 bits per heavy atom. The molecule has 0 atom stereocenters. The number of hydrogen-bond donors (Lipinski definition) is 1. The molecule has 1 fully saturated rings. The van der Waals surface area contributed by atoms with E-state index in [2.05, 4.69) is 12.1 Å². The van der Waals surface area contributed by atoms with E-state index in [0.717, 1.165) is 27.7 Å². The van der Waals surface area contributed by atoms with Crippen molar-refractivity contribution in [1.82, 2.24) is 4.98 Å². The number of aromatic nitrogens is 1. The van der Waals surface area contributed by atoms with Crippen LogP contribution in [0.5, 0.6) is 5.75 Å². The van der Waals surface area contributed by atoms with E-state index in [0.29, 0.717) is 5.92 Å². The number of thiazole rings is 1. The van der Waals surface area contributed by atoms with E-state index in [-0.39, 0.29) is 6.61 Å². The van der Waals surface area contributed by atoms with Gasteiger partial charge >= 0.3 is 0 Å². The molecular weight excluding hydrogens is 258 g/mol. The topological polar surface area (TPSA) is 42.4 Å². The third kappa shape index (κ3) is 2.80. The van der Waals surface area contributed by atoms with Crippen LogP contribution in [-0.2, 0) is 13.0 Å². The number of ether oxygens (including phenoxy) is 1. The van der Waals surface area contributed by atoms with Crippen molar-refractivity contribution in [2.45, 2.75) is 31.8 Å². The van der Waals surface area contributed by atoms with Gasteiger partial charge < -0.3 is 9.84 Å². The van der Waals surface area contributed by atoms with Crippen LogP contribution >= 0.6 is 11.3 Å². The largest absolute Gasteiger partial charge is 0.497 e. The number of aliphatic hydroxyl groups excluding tert-OH is 1. The van der Waals surface area contributed by atoms with Gasteiger partial charge in [0.1, 0.15) is 5.75 Å². The van der Waals surface area contributed by atoms with Gasteiger partial charge in [-0.05, 0) is 30.5 Å². The molecular formula is C15H17NO2S. The molecule has 1 aliphatic rings. The summed E-state index contributed by atoms with van der Waals surface area (Å²) >= 11 is 1.64. The van der Waals surface area contributed by atoms with Gasteiger partial charge in [-0.1, -0.05) is 12.1 Å². The Balaban J connectivity index is 1.78. The molecule has 1 aromatic heterocycles. The normalized spacial score (nSPS) is 14.6. The molecule has 0 spiro atoms. The fraction of sp³-hybridized carbons (Fsp3) is 0.400. The molecule has 0 radical (unpaired) electrons. The van der Waals surface area contributed by atoms with Crippen LogP contribution < -0.4 is 4.74 Å². The number of rotatable bonds is 5. The third-order valence-corrected chi connectivity index (χ3v) is 4.45. The number of hydrogen-bond acceptors (Lipinski definition) is 4. The van der Waals surface area contributed by atoms with Gasteiger partial charge in [-0.3, -0.25) is 0 Å². The van der Waals surface area contributed by atoms with Gasteiger partial charge in [0.25, 0.3) is 0 Å². The van der Waals surface area contributed by atoms with Crippen molar-refractivity contribution in [3.8, 4) is 5.75 Å². The molecule has 1 aromatic carbocycles. The van der Waals surface area contributed by atoms with Crippen LogP contribution in [0.3, 0.4) is 0 Å². The van der Waals surface area contributed by atoms with Crippen LogP contribution in [0.25, 0.3) is 0 Å². The molecule has 3 rings (SSSR count). The quantitative estimate of drug-likeness (QED) is 0.911. The second-order valence-electron chi connectivity index (χ2n) is 4.87. The minimum Gasteiger partial charge on any atom is -0.497 e. The zero-order chi connectivity index (χ0) is 13.2. The smallest absolute Gasteiger partial charge is 0.118 e. The standard InChI is InChI=1S/C15H17NO2S/c1-18-12-6-2-10(3-7-12)8-14-16-15(11-4-5-11)13(9-17)19-14/h2-3,6-7,11,17H,4-5,8-9H2,1H3. The highest BCUT2D eigenvalue weighted by molar-refractivity contribution is 7.11. The second-order valence-corrected chi connectivity index (χ2v) is 6.04. The van der Waals surface area contributed by atoms with E-state index in [4.69, 9.17) is 9.72 Å². The van der Waals surface area contributed by atoms with Gasteiger partial charge in [0.05, 0.1) is 29.3 Å². The maximum Gasteiger partial charge on any atom is 0.118 e. The summed E-state index contributed by atoms with van der Waals surface area (Å²) in [5.74, 6) is 1.47. The lowest BCUT2D eigenvalue weighted by atomic mass is 10.1. The van der Waals surface area contributed by atoms with Crippen molar-refractivity contribution in [3.63, 3.8) is 0 Å². The zero-order valence-corrected chi connectivity index (χ0v) is 11.7. The highest BCUT2D eigenvalue weighted by Gasteiger charge is 2.29. The highest BCUT2D eigenvalue weighted by Crippen LogP contribution is 2.42. The molecule has 100 valence electrons. The number of nitrogens with zero attached hydrogens (tertiary/aromatic N) is 1. The average molecular weight is 275 g/mol. The molecule has 0 unspecified atom stereocenters. The number of benzene rings is 1. The molecule has 0 aliphatic heterocycles. The Bertz CT molecular complexity index is 558. The van der Waals surface area contributed by atoms with Crippen LogP contribution in [0.4, 0.5) is 0 Å². The summed E-state index contributed by atoms with van der Waals surface area (Å²) in [6, 6.07) is 8.07. The molecule has 0 saturated heterocycles. The van der Waals surface area contributed by atoms with Crippen molar-refractivity contribution in [2.24, 2.45) is 0 Å². The minimum absolute atomic E-state index is 0.117. The van der Waals surface area contributed by atoms with Gasteiger partial charge in [0.15, 0.2) is 0 Å². The zero-order valence-electron chi connectivity index (χ0n) is 10.9. The molecule has 1 N–H and O–H groups in total. The lowest BCUT2D eigenvalue weighted by Crippen LogP contribution is -1.90. The fourth-order valence-electron chi connectivity index (χ4n) is 2.20. The number of aliphatic hydroxyl groups is 1. The second kappa shape index (κ2) is 5.31. The van der Waals surface area contributed by atoms with Crippen molar-refractivity contribution in [2.75, 3.05) is 7.11 Å². The Kier molecular flexibility index (Phi) is 3.53. The lowest BCUT2D eigenvalue weighted by molar-refractivity contribution is 0.284. The first-order valence-electron chi connectivity index (χ1n) is 6.52. The summed E-state index contributed by atoms with van der Waals surface area (Å²) in [5, 5.41) is 10.5. The molecule has 0 bridgehead atoms. The van der Waals surface area contributed by atoms with E-state index in [1.54, 1.807) is 18.4 Å². The Morgan fingerprint density at radius 1 is 1.32 bits per heavy atom. The lowest BCUT2D eigenvalue weighted by Gasteiger charge is -2.01. The van der Waals surface area contributed by atoms with Gasteiger partial charge in [0.2, 0.25) is 0 Å². The van der Waals surface area contributed by atoms with Gasteiger partial charge in [-0.15, -0.1) is 11.3 Å². The molecule has 4 heteroatoms. The highest BCUT2D eigenvalue weighted by atomic mass is 32.1. The third-order valence-electron chi connectivity index (χ3n) is 3.39. The average Bonchev–Trinajstić information content (AvgIpc) is 3.21. The molecule has 1 aliphatic carbocycles. The first-order valence-corrected chi connectivity index (χ1v) is 7.34. The summed E-state index contributed by atoms with van der Waals surface area (Å²) in [5.41, 5.74) is 2.36. The Morgan fingerprint density at radius 3 is 2.63 bits per heavy atom. The van der Waals surface area contributed by atoms with Crippen molar-refractivity contribution < 1.29 is 9.84 Å². The van der Waals surface area contributed by atoms with E-state index >= 15 is 0 Å². The van der Waals surface area contributed by atoms with Gasteiger partial charge in [-0.25, -0.2) is 4.98 Å². The summed E-state index contributed by atoms with van der Waals surface area (Å²) in [6.45, 7) is 0.117. The molecule has 3 nitrogen and oxygen atoms in total. The Labute approximate surface area is 116 Å². The van der Waals surface area contributed by atoms with Crippen LogP contribution in [0.1, 0.15) is 39.9 Å². The minimum atomic E-state index is 0.117. The maximum absolute atomic E-state index is 9.40. The first kappa shape index (κ1) is 12.6. The summed E-state index contributed by atoms with van der Waals surface area (Å²) in [7, 11) is 1.67. The van der Waals surface area contributed by atoms with E-state index in [1.165, 1.54) is 18.4 Å². The van der Waals surface area contributed by atoms with E-state index in [1.807, 2.05) is 12.1 Å². The maximum atomic E-state index is 9.40. The summed E-state index contributed by atoms with van der Waals surface area (Å²) in [6.07, 6.45) is 3.27. The van der Waals surface area contributed by atoms with Crippen molar-refractivity contribution >= 4 is 11.3 Å². The Hall–Kier alpha value is -1.39. The summed E-state index contributed by atoms with van der Waals surface area (Å²) < 4.78 is 5.15. The van der Waals surface area contributed by atoms with Crippen molar-refractivity contribution in [1.29, 1.82) is 0 Å². The van der Waals surface area contributed by atoms with Gasteiger partial charge in [-0.2, -0.15) is 0 Å². The van der Waals surface area contributed by atoms with Crippen molar-refractivity contribution in [3.05, 3.63) is 45.4 Å². The summed E-state index contributed by atoms with van der Waals surface area (Å²) in [4.78, 5) is 5.76. The molecule has 1 heterocycles. The van der Waals surface area contributed by atoms with Crippen LogP contribution in [0, 0.1) is 0 Å². The number of methoxy groups -OCH3 is 1. The fourth-order valence-corrected chi connectivity index (χ4v) is 3.25. The van der Waals surface area contributed by atoms with E-state index < -0.39 is 0 Å². The first-order chi connectivity index (χ1) is 9.30. The van der Waals surface area contributed by atoms with Crippen LogP contribution in [0.2, 0.25) is 0 Å².